The fourth-order valence-corrected chi connectivity index (χ4v) is 7.11. The number of anilines is 1. The van der Waals surface area contributed by atoms with Gasteiger partial charge in [-0.15, -0.1) is 23.5 Å². The molecular weight excluding hydrogens is 364 g/mol. The number of furan rings is 1. The first-order valence-corrected chi connectivity index (χ1v) is 10.3. The Morgan fingerprint density at radius 3 is 2.88 bits per heavy atom. The molecule has 2 aliphatic rings. The van der Waals surface area contributed by atoms with Crippen LogP contribution in [0.1, 0.15) is 40.3 Å². The molecule has 0 unspecified atom stereocenters. The molecule has 0 saturated carbocycles. The predicted molar refractivity (Wildman–Crippen MR) is 100 cm³/mol. The zero-order valence-electron chi connectivity index (χ0n) is 13.2. The molecular formula is C17H17ClN2O2S2. The Labute approximate surface area is 154 Å². The summed E-state index contributed by atoms with van der Waals surface area (Å²) >= 11 is 9.82. The van der Waals surface area contributed by atoms with Crippen LogP contribution < -0.4 is 5.32 Å². The van der Waals surface area contributed by atoms with E-state index in [-0.39, 0.29) is 9.99 Å². The molecule has 126 valence electrons. The van der Waals surface area contributed by atoms with Gasteiger partial charge in [0, 0.05) is 35.3 Å². The highest BCUT2D eigenvalue weighted by Gasteiger charge is 2.45. The van der Waals surface area contributed by atoms with Gasteiger partial charge in [0.05, 0.1) is 9.10 Å². The van der Waals surface area contributed by atoms with Crippen LogP contribution in [0.3, 0.4) is 0 Å². The molecule has 0 radical (unpaired) electrons. The third-order valence-electron chi connectivity index (χ3n) is 4.44. The van der Waals surface area contributed by atoms with Crippen molar-refractivity contribution in [1.82, 2.24) is 4.98 Å². The zero-order valence-corrected chi connectivity index (χ0v) is 15.6. The lowest BCUT2D eigenvalue weighted by atomic mass is 9.94. The number of halogens is 1. The molecule has 4 nitrogen and oxygen atoms in total. The average Bonchev–Trinajstić information content (AvgIpc) is 3.16. The van der Waals surface area contributed by atoms with E-state index in [1.807, 2.05) is 30.4 Å². The maximum atomic E-state index is 12.6. The Kier molecular flexibility index (Phi) is 4.31. The van der Waals surface area contributed by atoms with Crippen molar-refractivity contribution in [1.29, 1.82) is 0 Å². The van der Waals surface area contributed by atoms with Crippen LogP contribution in [0.25, 0.3) is 0 Å². The highest BCUT2D eigenvalue weighted by molar-refractivity contribution is 8.20. The normalized spacial score (nSPS) is 18.6. The molecule has 4 rings (SSSR count). The molecule has 3 heterocycles. The third-order valence-corrected chi connectivity index (χ3v) is 8.19. The van der Waals surface area contributed by atoms with E-state index >= 15 is 0 Å². The van der Waals surface area contributed by atoms with Crippen LogP contribution in [-0.4, -0.2) is 22.4 Å². The van der Waals surface area contributed by atoms with Crippen LogP contribution in [-0.2, 0) is 10.5 Å². The summed E-state index contributed by atoms with van der Waals surface area (Å²) in [5.74, 6) is 3.92. The van der Waals surface area contributed by atoms with Gasteiger partial charge in [-0.3, -0.25) is 4.79 Å². The van der Waals surface area contributed by atoms with E-state index < -0.39 is 0 Å². The number of nitrogens with zero attached hydrogens (tertiary/aromatic N) is 1. The van der Waals surface area contributed by atoms with Crippen LogP contribution in [0.4, 0.5) is 5.82 Å². The Balaban J connectivity index is 1.66. The van der Waals surface area contributed by atoms with Gasteiger partial charge in [0.2, 0.25) is 0 Å². The van der Waals surface area contributed by atoms with Gasteiger partial charge in [0.15, 0.2) is 5.76 Å². The number of hydrogen-bond donors (Lipinski definition) is 1. The second-order valence-corrected chi connectivity index (χ2v) is 9.46. The smallest absolute Gasteiger partial charge is 0.292 e. The van der Waals surface area contributed by atoms with Crippen LogP contribution >= 0.6 is 35.1 Å². The van der Waals surface area contributed by atoms with Gasteiger partial charge in [-0.2, -0.15) is 0 Å². The highest BCUT2D eigenvalue weighted by atomic mass is 35.5. The number of fused-ring (bicyclic) bond motifs is 2. The fourth-order valence-electron chi connectivity index (χ4n) is 3.44. The lowest BCUT2D eigenvalue weighted by Gasteiger charge is -2.31. The quantitative estimate of drug-likeness (QED) is 0.806. The van der Waals surface area contributed by atoms with Gasteiger partial charge in [0.25, 0.3) is 5.91 Å². The number of carbonyl (C=O) groups excluding carboxylic acids is 1. The summed E-state index contributed by atoms with van der Waals surface area (Å²) in [7, 11) is 0. The summed E-state index contributed by atoms with van der Waals surface area (Å²) in [6.45, 7) is 2.00. The van der Waals surface area contributed by atoms with E-state index in [9.17, 15) is 4.79 Å². The summed E-state index contributed by atoms with van der Waals surface area (Å²) in [6, 6.07) is 3.38. The summed E-state index contributed by atoms with van der Waals surface area (Å²) in [4.78, 5) is 16.8. The predicted octanol–water partition coefficient (Wildman–Crippen LogP) is 4.86. The van der Waals surface area contributed by atoms with Crippen LogP contribution in [0.15, 0.2) is 22.7 Å². The van der Waals surface area contributed by atoms with E-state index in [0.717, 1.165) is 42.1 Å². The first kappa shape index (κ1) is 16.4. The Bertz CT molecular complexity index is 783. The molecule has 0 aromatic carbocycles. The molecule has 1 aliphatic carbocycles. The van der Waals surface area contributed by atoms with E-state index in [2.05, 4.69) is 10.3 Å². The minimum absolute atomic E-state index is 0.0816. The van der Waals surface area contributed by atoms with Gasteiger partial charge in [-0.05, 0) is 31.9 Å². The molecule has 7 heteroatoms. The number of aromatic nitrogens is 1. The summed E-state index contributed by atoms with van der Waals surface area (Å²) in [5.41, 5.74) is 2.22. The van der Waals surface area contributed by atoms with Gasteiger partial charge in [0.1, 0.15) is 11.6 Å². The van der Waals surface area contributed by atoms with Crippen molar-refractivity contribution < 1.29 is 9.21 Å². The number of rotatable bonds is 2. The summed E-state index contributed by atoms with van der Waals surface area (Å²) in [6.07, 6.45) is 4.68. The molecule has 1 N–H and O–H groups in total. The van der Waals surface area contributed by atoms with Gasteiger partial charge in [-0.25, -0.2) is 4.98 Å². The topological polar surface area (TPSA) is 55.1 Å². The highest BCUT2D eigenvalue weighted by Crippen LogP contribution is 2.59. The maximum absolute atomic E-state index is 12.6. The lowest BCUT2D eigenvalue weighted by Crippen LogP contribution is -2.21. The Hall–Kier alpha value is -1.11. The van der Waals surface area contributed by atoms with Gasteiger partial charge >= 0.3 is 0 Å². The maximum Gasteiger partial charge on any atom is 0.292 e. The van der Waals surface area contributed by atoms with Crippen molar-refractivity contribution in [2.24, 2.45) is 0 Å². The first-order valence-electron chi connectivity index (χ1n) is 7.93. The third kappa shape index (κ3) is 2.74. The minimum Gasteiger partial charge on any atom is -0.455 e. The van der Waals surface area contributed by atoms with Crippen molar-refractivity contribution in [3.05, 3.63) is 46.0 Å². The second-order valence-electron chi connectivity index (χ2n) is 5.97. The SMILES string of the molecule is Cc1c(C(=O)Nc2ccc(Cl)cn2)oc2c1C1(CCC2)SCCS1. The number of pyridine rings is 1. The van der Waals surface area contributed by atoms with Crippen molar-refractivity contribution in [3.8, 4) is 0 Å². The van der Waals surface area contributed by atoms with E-state index in [0.29, 0.717) is 16.6 Å². The van der Waals surface area contributed by atoms with Crippen molar-refractivity contribution in [2.75, 3.05) is 16.8 Å². The molecule has 1 aliphatic heterocycles. The molecule has 1 saturated heterocycles. The molecule has 1 fully saturated rings. The van der Waals surface area contributed by atoms with Crippen LogP contribution in [0.5, 0.6) is 0 Å². The number of nitrogens with one attached hydrogen (secondary N) is 1. The van der Waals surface area contributed by atoms with E-state index in [1.165, 1.54) is 11.8 Å². The Morgan fingerprint density at radius 2 is 2.17 bits per heavy atom. The van der Waals surface area contributed by atoms with E-state index in [1.54, 1.807) is 12.1 Å². The monoisotopic (exact) mass is 380 g/mol. The number of aryl methyl sites for hydroxylation is 1. The molecule has 0 bridgehead atoms. The number of hydrogen-bond acceptors (Lipinski definition) is 5. The average molecular weight is 381 g/mol. The number of thioether (sulfide) groups is 2. The van der Waals surface area contributed by atoms with Crippen LogP contribution in [0, 0.1) is 6.92 Å². The second kappa shape index (κ2) is 6.32. The largest absolute Gasteiger partial charge is 0.455 e. The standard InChI is InChI=1S/C17H17ClN2O2S2/c1-10-14-12(3-2-6-17(14)23-7-8-24-17)22-15(10)16(21)20-13-5-4-11(18)9-19-13/h4-5,9H,2-3,6-8H2,1H3,(H,19,20,21). The van der Waals surface area contributed by atoms with E-state index in [4.69, 9.17) is 16.0 Å². The van der Waals surface area contributed by atoms with Crippen LogP contribution in [0.2, 0.25) is 5.02 Å². The first-order chi connectivity index (χ1) is 11.6. The number of carbonyl (C=O) groups is 1. The fraction of sp³-hybridized carbons (Fsp3) is 0.412. The molecule has 2 aromatic rings. The van der Waals surface area contributed by atoms with Gasteiger partial charge in [-0.1, -0.05) is 11.6 Å². The summed E-state index contributed by atoms with van der Waals surface area (Å²) < 4.78 is 6.07. The Morgan fingerprint density at radius 1 is 1.38 bits per heavy atom. The minimum atomic E-state index is -0.250. The molecule has 1 spiro atoms. The lowest BCUT2D eigenvalue weighted by molar-refractivity contribution is 0.0993. The summed E-state index contributed by atoms with van der Waals surface area (Å²) in [5, 5.41) is 3.34. The molecule has 1 amide bonds. The van der Waals surface area contributed by atoms with Gasteiger partial charge < -0.3 is 9.73 Å². The molecule has 0 atom stereocenters. The van der Waals surface area contributed by atoms with Crippen molar-refractivity contribution in [3.63, 3.8) is 0 Å². The van der Waals surface area contributed by atoms with Crippen molar-refractivity contribution in [2.45, 2.75) is 30.3 Å². The molecule has 24 heavy (non-hydrogen) atoms. The zero-order chi connectivity index (χ0) is 16.7. The molecule has 2 aromatic heterocycles. The van der Waals surface area contributed by atoms with Crippen molar-refractivity contribution >= 4 is 46.8 Å². The number of amides is 1.